The third-order valence-electron chi connectivity index (χ3n) is 3.72. The van der Waals surface area contributed by atoms with Crippen molar-refractivity contribution in [2.45, 2.75) is 57.1 Å². The number of sulfonamides is 1. The van der Waals surface area contributed by atoms with Crippen LogP contribution in [0.3, 0.4) is 0 Å². The third-order valence-corrected chi connectivity index (χ3v) is 4.65. The van der Waals surface area contributed by atoms with Gasteiger partial charge in [0, 0.05) is 20.1 Å². The third kappa shape index (κ3) is 10.1. The molecule has 164 valence electrons. The van der Waals surface area contributed by atoms with Crippen LogP contribution in [-0.4, -0.2) is 51.7 Å². The molecule has 0 aliphatic carbocycles. The Morgan fingerprint density at radius 2 is 1.69 bits per heavy atom. The molecule has 0 spiro atoms. The Morgan fingerprint density at radius 1 is 1.10 bits per heavy atom. The first-order chi connectivity index (χ1) is 13.2. The Balaban J connectivity index is 2.47. The summed E-state index contributed by atoms with van der Waals surface area (Å²) < 4.78 is 27.8. The molecule has 1 rings (SSSR count). The first kappa shape index (κ1) is 24.7. The minimum absolute atomic E-state index is 0.0893. The molecule has 1 aromatic rings. The van der Waals surface area contributed by atoms with Crippen LogP contribution in [0.25, 0.3) is 0 Å². The quantitative estimate of drug-likeness (QED) is 0.383. The van der Waals surface area contributed by atoms with Crippen molar-refractivity contribution < 1.29 is 17.9 Å². The fourth-order valence-corrected chi connectivity index (χ4v) is 2.84. The van der Waals surface area contributed by atoms with Crippen LogP contribution in [0.4, 0.5) is 4.79 Å². The molecule has 0 aliphatic rings. The number of carbonyl (C=O) groups is 1. The number of guanidine groups is 1. The van der Waals surface area contributed by atoms with Crippen LogP contribution in [-0.2, 0) is 21.2 Å². The van der Waals surface area contributed by atoms with E-state index >= 15 is 0 Å². The zero-order valence-electron chi connectivity index (χ0n) is 18.0. The first-order valence-electron chi connectivity index (χ1n) is 9.29. The summed E-state index contributed by atoms with van der Waals surface area (Å²) in [6.45, 7) is 10.2. The van der Waals surface area contributed by atoms with Crippen molar-refractivity contribution in [2.75, 3.05) is 20.1 Å². The predicted molar refractivity (Wildman–Crippen MR) is 114 cm³/mol. The summed E-state index contributed by atoms with van der Waals surface area (Å²) in [5.74, 6) is 0.588. The van der Waals surface area contributed by atoms with Gasteiger partial charge in [0.05, 0.1) is 10.4 Å². The number of hydrogen-bond donors (Lipinski definition) is 4. The van der Waals surface area contributed by atoms with Gasteiger partial charge in [0.25, 0.3) is 0 Å². The number of alkyl carbamates (subject to hydrolysis) is 1. The van der Waals surface area contributed by atoms with Crippen LogP contribution in [0.15, 0.2) is 34.2 Å². The van der Waals surface area contributed by atoms with E-state index in [0.29, 0.717) is 25.5 Å². The Bertz CT molecular complexity index is 812. The lowest BCUT2D eigenvalue weighted by molar-refractivity contribution is 0.0474. The maximum atomic E-state index is 12.0. The molecule has 0 saturated carbocycles. The second kappa shape index (κ2) is 9.93. The van der Waals surface area contributed by atoms with Crippen LogP contribution in [0, 0.1) is 0 Å². The number of primary sulfonamides is 1. The predicted octanol–water partition coefficient (Wildman–Crippen LogP) is 1.34. The second-order valence-electron chi connectivity index (χ2n) is 8.30. The molecule has 1 aromatic carbocycles. The minimum Gasteiger partial charge on any atom is -0.444 e. The fourth-order valence-electron chi connectivity index (χ4n) is 2.32. The van der Waals surface area contributed by atoms with E-state index in [1.165, 1.54) is 12.1 Å². The van der Waals surface area contributed by atoms with E-state index in [1.807, 2.05) is 34.6 Å². The standard InChI is InChI=1S/C19H33N5O4S/c1-18(2,3)28-17(25)24-19(4,5)13-23-16(21-6)22-12-11-14-7-9-15(10-8-14)29(20,26)27/h7-10H,11-13H2,1-6H3,(H,24,25)(H2,20,26,27)(H2,21,22,23). The van der Waals surface area contributed by atoms with Crippen LogP contribution >= 0.6 is 0 Å². The van der Waals surface area contributed by atoms with Crippen molar-refractivity contribution in [1.82, 2.24) is 16.0 Å². The SMILES string of the molecule is CN=C(NCCc1ccc(S(N)(=O)=O)cc1)NCC(C)(C)NC(=O)OC(C)(C)C. The molecule has 0 aromatic heterocycles. The molecule has 0 saturated heterocycles. The number of hydrogen-bond acceptors (Lipinski definition) is 5. The molecule has 0 unspecified atom stereocenters. The first-order valence-corrected chi connectivity index (χ1v) is 10.8. The van der Waals surface area contributed by atoms with Crippen molar-refractivity contribution in [3.63, 3.8) is 0 Å². The van der Waals surface area contributed by atoms with Crippen molar-refractivity contribution in [2.24, 2.45) is 10.1 Å². The number of nitrogens with two attached hydrogens (primary N) is 1. The summed E-state index contributed by atoms with van der Waals surface area (Å²) in [6, 6.07) is 6.43. The van der Waals surface area contributed by atoms with Crippen LogP contribution in [0.5, 0.6) is 0 Å². The van der Waals surface area contributed by atoms with Gasteiger partial charge in [-0.25, -0.2) is 18.4 Å². The highest BCUT2D eigenvalue weighted by Crippen LogP contribution is 2.10. The number of aliphatic imine (C=N–C) groups is 1. The minimum atomic E-state index is -3.68. The molecular formula is C19H33N5O4S. The van der Waals surface area contributed by atoms with Crippen molar-refractivity contribution in [3.8, 4) is 0 Å². The topological polar surface area (TPSA) is 135 Å². The number of nitrogens with zero attached hydrogens (tertiary/aromatic N) is 1. The highest BCUT2D eigenvalue weighted by Gasteiger charge is 2.24. The zero-order chi connectivity index (χ0) is 22.3. The summed E-state index contributed by atoms with van der Waals surface area (Å²) in [5.41, 5.74) is -0.145. The van der Waals surface area contributed by atoms with E-state index in [4.69, 9.17) is 9.88 Å². The number of rotatable bonds is 7. The molecule has 9 nitrogen and oxygen atoms in total. The normalized spacial score (nSPS) is 13.0. The van der Waals surface area contributed by atoms with E-state index < -0.39 is 27.3 Å². The number of amides is 1. The largest absolute Gasteiger partial charge is 0.444 e. The van der Waals surface area contributed by atoms with Crippen molar-refractivity contribution in [1.29, 1.82) is 0 Å². The monoisotopic (exact) mass is 427 g/mol. The van der Waals surface area contributed by atoms with Gasteiger partial charge in [-0.1, -0.05) is 12.1 Å². The highest BCUT2D eigenvalue weighted by atomic mass is 32.2. The lowest BCUT2D eigenvalue weighted by Gasteiger charge is -2.29. The molecule has 0 fully saturated rings. The number of nitrogens with one attached hydrogen (secondary N) is 3. The van der Waals surface area contributed by atoms with E-state index in [-0.39, 0.29) is 4.90 Å². The molecule has 10 heteroatoms. The number of benzene rings is 1. The fraction of sp³-hybridized carbons (Fsp3) is 0.579. The maximum Gasteiger partial charge on any atom is 0.408 e. The summed E-state index contributed by atoms with van der Waals surface area (Å²) in [6.07, 6.45) is 0.195. The Kier molecular flexibility index (Phi) is 8.46. The van der Waals surface area contributed by atoms with Gasteiger partial charge in [0.1, 0.15) is 5.60 Å². The Hall–Kier alpha value is -2.33. The highest BCUT2D eigenvalue weighted by molar-refractivity contribution is 7.89. The molecule has 0 aliphatic heterocycles. The van der Waals surface area contributed by atoms with Gasteiger partial charge < -0.3 is 20.7 Å². The molecule has 5 N–H and O–H groups in total. The summed E-state index contributed by atoms with van der Waals surface area (Å²) in [7, 11) is -2.02. The average Bonchev–Trinajstić information content (AvgIpc) is 2.55. The lowest BCUT2D eigenvalue weighted by Crippen LogP contribution is -2.54. The van der Waals surface area contributed by atoms with E-state index in [9.17, 15) is 13.2 Å². The summed E-state index contributed by atoms with van der Waals surface area (Å²) in [5, 5.41) is 14.3. The van der Waals surface area contributed by atoms with Crippen LogP contribution < -0.4 is 21.1 Å². The molecule has 0 bridgehead atoms. The summed E-state index contributed by atoms with van der Waals surface area (Å²) >= 11 is 0. The van der Waals surface area contributed by atoms with Crippen LogP contribution in [0.1, 0.15) is 40.2 Å². The van der Waals surface area contributed by atoms with Gasteiger partial charge in [-0.05, 0) is 58.7 Å². The molecular weight excluding hydrogens is 394 g/mol. The van der Waals surface area contributed by atoms with E-state index in [0.717, 1.165) is 5.56 Å². The molecule has 1 amide bonds. The lowest BCUT2D eigenvalue weighted by atomic mass is 10.1. The summed E-state index contributed by atoms with van der Waals surface area (Å²) in [4.78, 5) is 16.2. The average molecular weight is 428 g/mol. The molecule has 0 atom stereocenters. The molecule has 29 heavy (non-hydrogen) atoms. The van der Waals surface area contributed by atoms with Crippen molar-refractivity contribution >= 4 is 22.1 Å². The second-order valence-corrected chi connectivity index (χ2v) is 9.86. The smallest absolute Gasteiger partial charge is 0.408 e. The van der Waals surface area contributed by atoms with Gasteiger partial charge in [0.2, 0.25) is 10.0 Å². The number of carbonyl (C=O) groups excluding carboxylic acids is 1. The van der Waals surface area contributed by atoms with Gasteiger partial charge in [-0.15, -0.1) is 0 Å². The Labute approximate surface area is 173 Å². The zero-order valence-corrected chi connectivity index (χ0v) is 18.8. The molecule has 0 radical (unpaired) electrons. The van der Waals surface area contributed by atoms with Gasteiger partial charge >= 0.3 is 6.09 Å². The van der Waals surface area contributed by atoms with Gasteiger partial charge in [0.15, 0.2) is 5.96 Å². The van der Waals surface area contributed by atoms with Gasteiger partial charge in [-0.2, -0.15) is 0 Å². The van der Waals surface area contributed by atoms with E-state index in [1.54, 1.807) is 19.2 Å². The van der Waals surface area contributed by atoms with E-state index in [2.05, 4.69) is 20.9 Å². The van der Waals surface area contributed by atoms with Crippen LogP contribution in [0.2, 0.25) is 0 Å². The van der Waals surface area contributed by atoms with Gasteiger partial charge in [-0.3, -0.25) is 4.99 Å². The van der Waals surface area contributed by atoms with Crippen molar-refractivity contribution in [3.05, 3.63) is 29.8 Å². The number of ether oxygens (including phenoxy) is 1. The molecule has 0 heterocycles. The maximum absolute atomic E-state index is 12.0. The Morgan fingerprint density at radius 3 is 2.17 bits per heavy atom.